The molecule has 1 aromatic heterocycles. The van der Waals surface area contributed by atoms with Crippen LogP contribution in [0, 0.1) is 5.92 Å². The molecule has 3 aliphatic rings. The number of anilines is 1. The van der Waals surface area contributed by atoms with Gasteiger partial charge in [-0.2, -0.15) is 0 Å². The third kappa shape index (κ3) is 4.88. The maximum Gasteiger partial charge on any atom is 0.326 e. The average molecular weight is 445 g/mol. The number of esters is 1. The van der Waals surface area contributed by atoms with Crippen molar-refractivity contribution in [2.75, 3.05) is 64.4 Å². The van der Waals surface area contributed by atoms with E-state index in [2.05, 4.69) is 21.7 Å². The van der Waals surface area contributed by atoms with E-state index in [0.717, 1.165) is 76.3 Å². The molecule has 1 atom stereocenters. The van der Waals surface area contributed by atoms with Crippen molar-refractivity contribution in [2.24, 2.45) is 5.92 Å². The summed E-state index contributed by atoms with van der Waals surface area (Å²) in [6.45, 7) is 11.0. The standard InChI is InChI=1S/C23H36N6O3/c1-4-26-11-7-19-20(8-12-26)25-21(15-24-19)29-14-13-28(23(29)31)18-5-9-27(10-6-18)16-17(2)22(30)32-3/h15,17-18H,4-14,16H2,1-3H3. The number of aromatic nitrogens is 2. The summed E-state index contributed by atoms with van der Waals surface area (Å²) in [6, 6.07) is 0.286. The van der Waals surface area contributed by atoms with E-state index in [9.17, 15) is 9.59 Å². The van der Waals surface area contributed by atoms with Gasteiger partial charge < -0.3 is 19.4 Å². The fourth-order valence-corrected chi connectivity index (χ4v) is 5.12. The van der Waals surface area contributed by atoms with E-state index in [1.807, 2.05) is 11.8 Å². The number of carbonyl (C=O) groups excluding carboxylic acids is 2. The van der Waals surface area contributed by atoms with Crippen LogP contribution in [0.15, 0.2) is 6.20 Å². The predicted molar refractivity (Wildman–Crippen MR) is 122 cm³/mol. The second kappa shape index (κ2) is 10.1. The van der Waals surface area contributed by atoms with Gasteiger partial charge in [0.2, 0.25) is 0 Å². The molecule has 0 N–H and O–H groups in total. The first-order chi connectivity index (χ1) is 15.5. The van der Waals surface area contributed by atoms with Crippen LogP contribution < -0.4 is 4.90 Å². The summed E-state index contributed by atoms with van der Waals surface area (Å²) in [5.74, 6) is 0.393. The van der Waals surface area contributed by atoms with Crippen LogP contribution in [0.1, 0.15) is 38.1 Å². The number of ether oxygens (including phenoxy) is 1. The molecule has 2 amide bonds. The molecule has 4 rings (SSSR count). The van der Waals surface area contributed by atoms with E-state index in [1.165, 1.54) is 7.11 Å². The van der Waals surface area contributed by atoms with Gasteiger partial charge in [0, 0.05) is 64.7 Å². The molecule has 0 aliphatic carbocycles. The van der Waals surface area contributed by atoms with Crippen LogP contribution in [-0.2, 0) is 22.4 Å². The summed E-state index contributed by atoms with van der Waals surface area (Å²) < 4.78 is 4.84. The van der Waals surface area contributed by atoms with Crippen LogP contribution >= 0.6 is 0 Å². The number of amides is 2. The Bertz CT molecular complexity index is 826. The topological polar surface area (TPSA) is 82.1 Å². The largest absolute Gasteiger partial charge is 0.469 e. The molecule has 176 valence electrons. The molecular weight excluding hydrogens is 408 g/mol. The van der Waals surface area contributed by atoms with Gasteiger partial charge in [0.25, 0.3) is 0 Å². The van der Waals surface area contributed by atoms with Gasteiger partial charge in [-0.1, -0.05) is 13.8 Å². The molecule has 9 heteroatoms. The third-order valence-corrected chi connectivity index (χ3v) is 7.15. The molecule has 1 unspecified atom stereocenters. The number of likely N-dealkylation sites (tertiary alicyclic amines) is 1. The lowest BCUT2D eigenvalue weighted by molar-refractivity contribution is -0.145. The predicted octanol–water partition coefficient (Wildman–Crippen LogP) is 1.41. The van der Waals surface area contributed by atoms with E-state index in [4.69, 9.17) is 9.72 Å². The van der Waals surface area contributed by atoms with Crippen LogP contribution in [0.5, 0.6) is 0 Å². The van der Waals surface area contributed by atoms with E-state index < -0.39 is 0 Å². The number of hydrogen-bond acceptors (Lipinski definition) is 7. The molecule has 9 nitrogen and oxygen atoms in total. The number of piperidine rings is 1. The Morgan fingerprint density at radius 2 is 1.81 bits per heavy atom. The first-order valence-electron chi connectivity index (χ1n) is 12.0. The van der Waals surface area contributed by atoms with Crippen molar-refractivity contribution in [1.82, 2.24) is 24.7 Å². The Morgan fingerprint density at radius 1 is 1.09 bits per heavy atom. The van der Waals surface area contributed by atoms with E-state index in [1.54, 1.807) is 11.1 Å². The number of methoxy groups -OCH3 is 1. The summed E-state index contributed by atoms with van der Waals surface area (Å²) in [6.07, 6.45) is 5.44. The van der Waals surface area contributed by atoms with Gasteiger partial charge in [-0.05, 0) is 19.4 Å². The van der Waals surface area contributed by atoms with Crippen molar-refractivity contribution in [3.8, 4) is 0 Å². The fourth-order valence-electron chi connectivity index (χ4n) is 5.12. The zero-order valence-electron chi connectivity index (χ0n) is 19.6. The molecule has 32 heavy (non-hydrogen) atoms. The van der Waals surface area contributed by atoms with Gasteiger partial charge in [-0.25, -0.2) is 9.78 Å². The number of urea groups is 1. The van der Waals surface area contributed by atoms with Crippen molar-refractivity contribution >= 4 is 17.8 Å². The zero-order chi connectivity index (χ0) is 22.7. The monoisotopic (exact) mass is 444 g/mol. The summed E-state index contributed by atoms with van der Waals surface area (Å²) >= 11 is 0. The van der Waals surface area contributed by atoms with E-state index >= 15 is 0 Å². The Labute approximate surface area is 190 Å². The van der Waals surface area contributed by atoms with Crippen molar-refractivity contribution in [3.63, 3.8) is 0 Å². The van der Waals surface area contributed by atoms with Crippen LogP contribution in [-0.4, -0.2) is 102 Å². The van der Waals surface area contributed by atoms with E-state index in [-0.39, 0.29) is 24.0 Å². The highest BCUT2D eigenvalue weighted by atomic mass is 16.5. The highest BCUT2D eigenvalue weighted by molar-refractivity contribution is 5.93. The van der Waals surface area contributed by atoms with Crippen molar-refractivity contribution in [1.29, 1.82) is 0 Å². The van der Waals surface area contributed by atoms with Gasteiger partial charge in [0.15, 0.2) is 5.82 Å². The molecular formula is C23H36N6O3. The normalized spacial score (nSPS) is 22.0. The van der Waals surface area contributed by atoms with Crippen LogP contribution in [0.25, 0.3) is 0 Å². The lowest BCUT2D eigenvalue weighted by atomic mass is 10.0. The number of carbonyl (C=O) groups is 2. The first-order valence-corrected chi connectivity index (χ1v) is 12.0. The second-order valence-electron chi connectivity index (χ2n) is 9.14. The molecule has 4 heterocycles. The van der Waals surface area contributed by atoms with Crippen LogP contribution in [0.2, 0.25) is 0 Å². The first kappa shape index (κ1) is 22.9. The lowest BCUT2D eigenvalue weighted by Crippen LogP contribution is -2.47. The molecule has 1 aromatic rings. The number of rotatable bonds is 6. The van der Waals surface area contributed by atoms with Gasteiger partial charge in [-0.3, -0.25) is 14.7 Å². The van der Waals surface area contributed by atoms with Crippen molar-refractivity contribution in [3.05, 3.63) is 17.6 Å². The molecule has 2 saturated heterocycles. The van der Waals surface area contributed by atoms with Gasteiger partial charge in [0.1, 0.15) is 0 Å². The summed E-state index contributed by atoms with van der Waals surface area (Å²) in [5.41, 5.74) is 2.11. The number of likely N-dealkylation sites (N-methyl/N-ethyl adjacent to an activating group) is 1. The van der Waals surface area contributed by atoms with Gasteiger partial charge in [-0.15, -0.1) is 0 Å². The van der Waals surface area contributed by atoms with Crippen molar-refractivity contribution in [2.45, 2.75) is 45.6 Å². The SMILES string of the molecule is CCN1CCc2ncc(N3CCN(C4CCN(CC(C)C(=O)OC)CC4)C3=O)nc2CC1. The minimum absolute atomic E-state index is 0.0458. The Kier molecular flexibility index (Phi) is 7.25. The molecule has 2 fully saturated rings. The molecule has 0 aromatic carbocycles. The minimum atomic E-state index is -0.165. The molecule has 3 aliphatic heterocycles. The van der Waals surface area contributed by atoms with Crippen molar-refractivity contribution < 1.29 is 14.3 Å². The summed E-state index contributed by atoms with van der Waals surface area (Å²) in [4.78, 5) is 43.0. The lowest BCUT2D eigenvalue weighted by Gasteiger charge is -2.37. The Morgan fingerprint density at radius 3 is 2.50 bits per heavy atom. The average Bonchev–Trinajstić information content (AvgIpc) is 3.07. The summed E-state index contributed by atoms with van der Waals surface area (Å²) in [5, 5.41) is 0. The smallest absolute Gasteiger partial charge is 0.326 e. The van der Waals surface area contributed by atoms with Crippen LogP contribution in [0.4, 0.5) is 10.6 Å². The highest BCUT2D eigenvalue weighted by Gasteiger charge is 2.37. The van der Waals surface area contributed by atoms with Crippen LogP contribution in [0.3, 0.4) is 0 Å². The molecule has 0 spiro atoms. The number of nitrogens with zero attached hydrogens (tertiary/aromatic N) is 6. The molecule has 0 bridgehead atoms. The summed E-state index contributed by atoms with van der Waals surface area (Å²) in [7, 11) is 1.43. The Hall–Kier alpha value is -2.26. The van der Waals surface area contributed by atoms with Gasteiger partial charge in [0.05, 0.1) is 30.6 Å². The maximum absolute atomic E-state index is 13.2. The Balaban J connectivity index is 1.34. The fraction of sp³-hybridized carbons (Fsp3) is 0.739. The second-order valence-corrected chi connectivity index (χ2v) is 9.14. The minimum Gasteiger partial charge on any atom is -0.469 e. The number of hydrogen-bond donors (Lipinski definition) is 0. The third-order valence-electron chi connectivity index (χ3n) is 7.15. The molecule has 0 saturated carbocycles. The zero-order valence-corrected chi connectivity index (χ0v) is 19.6. The quantitative estimate of drug-likeness (QED) is 0.614. The number of fused-ring (bicyclic) bond motifs is 1. The van der Waals surface area contributed by atoms with Gasteiger partial charge >= 0.3 is 12.0 Å². The molecule has 0 radical (unpaired) electrons. The van der Waals surface area contributed by atoms with E-state index in [0.29, 0.717) is 18.9 Å². The highest BCUT2D eigenvalue weighted by Crippen LogP contribution is 2.26. The maximum atomic E-state index is 13.2.